The van der Waals surface area contributed by atoms with Gasteiger partial charge in [0.15, 0.2) is 0 Å². The summed E-state index contributed by atoms with van der Waals surface area (Å²) in [6.45, 7) is 4.50. The molecule has 1 aromatic carbocycles. The highest BCUT2D eigenvalue weighted by atomic mass is 35.5. The normalized spacial score (nSPS) is 15.9. The lowest BCUT2D eigenvalue weighted by atomic mass is 9.88. The van der Waals surface area contributed by atoms with Gasteiger partial charge in [0.05, 0.1) is 22.8 Å². The van der Waals surface area contributed by atoms with Gasteiger partial charge in [-0.15, -0.1) is 11.3 Å². The molecule has 1 amide bonds. The molecule has 1 atom stereocenters. The molecule has 0 radical (unpaired) electrons. The molecule has 1 aromatic heterocycles. The van der Waals surface area contributed by atoms with E-state index in [2.05, 4.69) is 12.2 Å². The maximum absolute atomic E-state index is 12.8. The lowest BCUT2D eigenvalue weighted by molar-refractivity contribution is 0.0505. The zero-order chi connectivity index (χ0) is 19.6. The van der Waals surface area contributed by atoms with Gasteiger partial charge in [-0.2, -0.15) is 0 Å². The minimum atomic E-state index is -0.390. The first-order chi connectivity index (χ1) is 12.9. The Morgan fingerprint density at radius 1 is 1.33 bits per heavy atom. The topological polar surface area (TPSA) is 55.4 Å². The maximum atomic E-state index is 12.8. The van der Waals surface area contributed by atoms with Crippen LogP contribution in [0.15, 0.2) is 18.2 Å². The Balaban J connectivity index is 1.95. The van der Waals surface area contributed by atoms with Crippen molar-refractivity contribution in [3.8, 4) is 0 Å². The molecule has 0 spiro atoms. The van der Waals surface area contributed by atoms with E-state index in [9.17, 15) is 9.59 Å². The quantitative estimate of drug-likeness (QED) is 0.597. The van der Waals surface area contributed by atoms with Crippen molar-refractivity contribution in [3.05, 3.63) is 49.8 Å². The van der Waals surface area contributed by atoms with Crippen LogP contribution < -0.4 is 5.32 Å². The molecule has 27 heavy (non-hydrogen) atoms. The molecule has 1 unspecified atom stereocenters. The van der Waals surface area contributed by atoms with Crippen LogP contribution in [0.25, 0.3) is 0 Å². The van der Waals surface area contributed by atoms with Gasteiger partial charge in [-0.1, -0.05) is 37.0 Å². The number of esters is 1. The largest absolute Gasteiger partial charge is 0.462 e. The summed E-state index contributed by atoms with van der Waals surface area (Å²) in [7, 11) is 0. The third kappa shape index (κ3) is 4.48. The van der Waals surface area contributed by atoms with Crippen molar-refractivity contribution in [2.45, 2.75) is 39.5 Å². The molecule has 2 aromatic rings. The van der Waals surface area contributed by atoms with Gasteiger partial charge in [-0.05, 0) is 55.4 Å². The van der Waals surface area contributed by atoms with Crippen molar-refractivity contribution in [3.63, 3.8) is 0 Å². The molecule has 0 bridgehead atoms. The Hall–Kier alpha value is -1.56. The summed E-state index contributed by atoms with van der Waals surface area (Å²) in [4.78, 5) is 26.6. The van der Waals surface area contributed by atoms with E-state index in [1.165, 1.54) is 17.4 Å². The van der Waals surface area contributed by atoms with Gasteiger partial charge < -0.3 is 10.1 Å². The summed E-state index contributed by atoms with van der Waals surface area (Å²) in [6, 6.07) is 4.72. The van der Waals surface area contributed by atoms with E-state index in [1.807, 2.05) is 6.92 Å². The SMILES string of the molecule is CCCOC(=O)c1c(NC(=O)c2cc(Cl)ccc2Cl)sc2c1CCC(C)C2. The first kappa shape index (κ1) is 20.2. The van der Waals surface area contributed by atoms with Crippen LogP contribution in [0.5, 0.6) is 0 Å². The van der Waals surface area contributed by atoms with Gasteiger partial charge in [-0.3, -0.25) is 4.79 Å². The third-order valence-electron chi connectivity index (χ3n) is 4.55. The van der Waals surface area contributed by atoms with Crippen LogP contribution in [0.3, 0.4) is 0 Å². The lowest BCUT2D eigenvalue weighted by Gasteiger charge is -2.18. The molecule has 144 valence electrons. The molecule has 1 N–H and O–H groups in total. The molecule has 7 heteroatoms. The number of halogens is 2. The van der Waals surface area contributed by atoms with Gasteiger partial charge in [0.2, 0.25) is 0 Å². The van der Waals surface area contributed by atoms with Gasteiger partial charge in [0.1, 0.15) is 5.00 Å². The number of carbonyl (C=O) groups excluding carboxylic acids is 2. The number of carbonyl (C=O) groups is 2. The van der Waals surface area contributed by atoms with Gasteiger partial charge in [0.25, 0.3) is 5.91 Å². The lowest BCUT2D eigenvalue weighted by Crippen LogP contribution is -2.17. The summed E-state index contributed by atoms with van der Waals surface area (Å²) in [5, 5.41) is 4.11. The van der Waals surface area contributed by atoms with E-state index in [-0.39, 0.29) is 11.5 Å². The fraction of sp³-hybridized carbons (Fsp3) is 0.400. The highest BCUT2D eigenvalue weighted by Crippen LogP contribution is 2.40. The third-order valence-corrected chi connectivity index (χ3v) is 6.29. The first-order valence-corrected chi connectivity index (χ1v) is 10.6. The molecule has 0 fully saturated rings. The number of fused-ring (bicyclic) bond motifs is 1. The van der Waals surface area contributed by atoms with Crippen molar-refractivity contribution in [1.29, 1.82) is 0 Å². The molecule has 0 saturated carbocycles. The second kappa shape index (κ2) is 8.63. The predicted octanol–water partition coefficient (Wildman–Crippen LogP) is 6.00. The smallest absolute Gasteiger partial charge is 0.341 e. The Bertz CT molecular complexity index is 878. The first-order valence-electron chi connectivity index (χ1n) is 8.98. The highest BCUT2D eigenvalue weighted by molar-refractivity contribution is 7.17. The Morgan fingerprint density at radius 3 is 2.85 bits per heavy atom. The van der Waals surface area contributed by atoms with E-state index < -0.39 is 5.91 Å². The molecule has 1 aliphatic carbocycles. The highest BCUT2D eigenvalue weighted by Gasteiger charge is 2.29. The number of amides is 1. The fourth-order valence-electron chi connectivity index (χ4n) is 3.16. The molecular weight excluding hydrogens is 405 g/mol. The van der Waals surface area contributed by atoms with Crippen LogP contribution in [-0.2, 0) is 17.6 Å². The number of thiophene rings is 1. The van der Waals surface area contributed by atoms with Crippen molar-refractivity contribution >= 4 is 51.4 Å². The Morgan fingerprint density at radius 2 is 2.11 bits per heavy atom. The standard InChI is InChI=1S/C20H21Cl2NO3S/c1-3-8-26-20(25)17-13-6-4-11(2)9-16(13)27-19(17)23-18(24)14-10-12(21)5-7-15(14)22/h5,7,10-11H,3-4,6,8-9H2,1-2H3,(H,23,24). The fourth-order valence-corrected chi connectivity index (χ4v) is 4.93. The average Bonchev–Trinajstić information content (AvgIpc) is 2.98. The van der Waals surface area contributed by atoms with Gasteiger partial charge >= 0.3 is 5.97 Å². The van der Waals surface area contributed by atoms with Crippen LogP contribution >= 0.6 is 34.5 Å². The summed E-state index contributed by atoms with van der Waals surface area (Å²) < 4.78 is 5.37. The van der Waals surface area contributed by atoms with Crippen LogP contribution in [0.2, 0.25) is 10.0 Å². The summed E-state index contributed by atoms with van der Waals surface area (Å²) in [6.07, 6.45) is 3.49. The number of ether oxygens (including phenoxy) is 1. The van der Waals surface area contributed by atoms with E-state index in [1.54, 1.807) is 12.1 Å². The van der Waals surface area contributed by atoms with E-state index in [0.717, 1.165) is 36.1 Å². The minimum Gasteiger partial charge on any atom is -0.462 e. The second-order valence-corrected chi connectivity index (χ2v) is 8.72. The average molecular weight is 426 g/mol. The van der Waals surface area contributed by atoms with E-state index in [0.29, 0.717) is 33.1 Å². The maximum Gasteiger partial charge on any atom is 0.341 e. The number of anilines is 1. The monoisotopic (exact) mass is 425 g/mol. The molecule has 1 aliphatic rings. The zero-order valence-electron chi connectivity index (χ0n) is 15.2. The summed E-state index contributed by atoms with van der Waals surface area (Å²) in [5.41, 5.74) is 1.77. The zero-order valence-corrected chi connectivity index (χ0v) is 17.6. The number of hydrogen-bond donors (Lipinski definition) is 1. The van der Waals surface area contributed by atoms with Crippen molar-refractivity contribution in [2.24, 2.45) is 5.92 Å². The van der Waals surface area contributed by atoms with Crippen molar-refractivity contribution in [2.75, 3.05) is 11.9 Å². The van der Waals surface area contributed by atoms with Crippen molar-refractivity contribution < 1.29 is 14.3 Å². The van der Waals surface area contributed by atoms with Gasteiger partial charge in [-0.25, -0.2) is 4.79 Å². The minimum absolute atomic E-state index is 0.275. The number of hydrogen-bond acceptors (Lipinski definition) is 4. The summed E-state index contributed by atoms with van der Waals surface area (Å²) >= 11 is 13.6. The van der Waals surface area contributed by atoms with Crippen molar-refractivity contribution in [1.82, 2.24) is 0 Å². The molecule has 0 saturated heterocycles. The Labute approximate surface area is 172 Å². The number of benzene rings is 1. The van der Waals surface area contributed by atoms with E-state index in [4.69, 9.17) is 27.9 Å². The number of nitrogens with one attached hydrogen (secondary N) is 1. The van der Waals surface area contributed by atoms with Crippen LogP contribution in [-0.4, -0.2) is 18.5 Å². The molecule has 4 nitrogen and oxygen atoms in total. The predicted molar refractivity (Wildman–Crippen MR) is 110 cm³/mol. The second-order valence-electron chi connectivity index (χ2n) is 6.77. The van der Waals surface area contributed by atoms with Crippen LogP contribution in [0, 0.1) is 5.92 Å². The van der Waals surface area contributed by atoms with Crippen LogP contribution in [0.4, 0.5) is 5.00 Å². The molecule has 0 aliphatic heterocycles. The Kier molecular flexibility index (Phi) is 6.45. The molecule has 1 heterocycles. The summed E-state index contributed by atoms with van der Waals surface area (Å²) in [5.74, 6) is -0.211. The number of rotatable bonds is 5. The van der Waals surface area contributed by atoms with Gasteiger partial charge in [0, 0.05) is 9.90 Å². The van der Waals surface area contributed by atoms with E-state index >= 15 is 0 Å². The molecular formula is C20H21Cl2NO3S. The molecule has 3 rings (SSSR count). The van der Waals surface area contributed by atoms with Crippen LogP contribution in [0.1, 0.15) is 57.8 Å².